The zero-order valence-electron chi connectivity index (χ0n) is 11.0. The van der Waals surface area contributed by atoms with Crippen LogP contribution in [0.25, 0.3) is 0 Å². The maximum absolute atomic E-state index is 11.3. The highest BCUT2D eigenvalue weighted by Crippen LogP contribution is 2.45. The summed E-state index contributed by atoms with van der Waals surface area (Å²) < 4.78 is 2.24. The highest BCUT2D eigenvalue weighted by Gasteiger charge is 2.36. The van der Waals surface area contributed by atoms with Crippen molar-refractivity contribution < 1.29 is 9.59 Å². The first-order chi connectivity index (χ1) is 9.65. The van der Waals surface area contributed by atoms with Gasteiger partial charge in [-0.15, -0.1) is 10.2 Å². The number of rotatable bonds is 6. The Labute approximate surface area is 120 Å². The molecule has 2 aliphatic carbocycles. The van der Waals surface area contributed by atoms with Crippen molar-refractivity contribution >= 4 is 23.7 Å². The molecule has 108 valence electrons. The highest BCUT2D eigenvalue weighted by atomic mass is 32.2. The lowest BCUT2D eigenvalue weighted by Gasteiger charge is -2.07. The molecule has 0 radical (unpaired) electrons. The van der Waals surface area contributed by atoms with E-state index in [0.29, 0.717) is 17.7 Å². The van der Waals surface area contributed by atoms with Crippen LogP contribution in [0.1, 0.15) is 49.9 Å². The van der Waals surface area contributed by atoms with Gasteiger partial charge in [-0.3, -0.25) is 10.1 Å². The Balaban J connectivity index is 1.57. The number of hydrogen-bond acceptors (Lipinski definition) is 5. The van der Waals surface area contributed by atoms with E-state index in [-0.39, 0.29) is 12.3 Å². The van der Waals surface area contributed by atoms with Crippen LogP contribution < -0.4 is 11.1 Å². The molecule has 0 saturated heterocycles. The third-order valence-electron chi connectivity index (χ3n) is 3.37. The molecule has 2 saturated carbocycles. The number of nitrogens with one attached hydrogen (secondary N) is 1. The minimum atomic E-state index is -0.808. The average Bonchev–Trinajstić information content (AvgIpc) is 3.28. The smallest absolute Gasteiger partial charge is 0.318 e. The van der Waals surface area contributed by atoms with Crippen LogP contribution in [0, 0.1) is 0 Å². The van der Waals surface area contributed by atoms with Gasteiger partial charge in [-0.1, -0.05) is 11.8 Å². The Bertz CT molecular complexity index is 536. The molecule has 8 heteroatoms. The SMILES string of the molecule is NC(=O)NC(=O)CCSc1nnc(C2CC2)n1C1CC1. The van der Waals surface area contributed by atoms with Crippen LogP contribution >= 0.6 is 11.8 Å². The number of carbonyl (C=O) groups excluding carboxylic acids is 2. The second kappa shape index (κ2) is 5.43. The van der Waals surface area contributed by atoms with E-state index in [1.54, 1.807) is 0 Å². The molecular weight excluding hydrogens is 278 g/mol. The summed E-state index contributed by atoms with van der Waals surface area (Å²) in [5.41, 5.74) is 4.89. The van der Waals surface area contributed by atoms with E-state index >= 15 is 0 Å². The maximum atomic E-state index is 11.3. The molecule has 3 rings (SSSR count). The molecule has 3 amide bonds. The molecule has 7 nitrogen and oxygen atoms in total. The predicted octanol–water partition coefficient (Wildman–Crippen LogP) is 1.17. The summed E-state index contributed by atoms with van der Waals surface area (Å²) in [4.78, 5) is 21.9. The van der Waals surface area contributed by atoms with E-state index in [1.165, 1.54) is 37.4 Å². The van der Waals surface area contributed by atoms with Crippen LogP contribution in [0.2, 0.25) is 0 Å². The van der Waals surface area contributed by atoms with Gasteiger partial charge in [-0.05, 0) is 25.7 Å². The summed E-state index contributed by atoms with van der Waals surface area (Å²) in [5, 5.41) is 11.5. The minimum absolute atomic E-state index is 0.240. The highest BCUT2D eigenvalue weighted by molar-refractivity contribution is 7.99. The molecular formula is C12H17N5O2S. The van der Waals surface area contributed by atoms with Crippen molar-refractivity contribution in [1.29, 1.82) is 0 Å². The number of thioether (sulfide) groups is 1. The topological polar surface area (TPSA) is 103 Å². The predicted molar refractivity (Wildman–Crippen MR) is 73.3 cm³/mol. The number of aromatic nitrogens is 3. The Morgan fingerprint density at radius 1 is 1.30 bits per heavy atom. The quantitative estimate of drug-likeness (QED) is 0.767. The number of imide groups is 1. The van der Waals surface area contributed by atoms with Gasteiger partial charge in [0.25, 0.3) is 0 Å². The van der Waals surface area contributed by atoms with E-state index in [9.17, 15) is 9.59 Å². The molecule has 0 spiro atoms. The van der Waals surface area contributed by atoms with Gasteiger partial charge in [0.2, 0.25) is 5.91 Å². The summed E-state index contributed by atoms with van der Waals surface area (Å²) >= 11 is 1.51. The molecule has 1 heterocycles. The van der Waals surface area contributed by atoms with Crippen molar-refractivity contribution in [3.63, 3.8) is 0 Å². The zero-order valence-corrected chi connectivity index (χ0v) is 11.9. The molecule has 0 unspecified atom stereocenters. The standard InChI is InChI=1S/C12H17N5O2S/c13-11(19)14-9(18)5-6-20-12-16-15-10(7-1-2-7)17(12)8-3-4-8/h7-8H,1-6H2,(H3,13,14,18,19). The average molecular weight is 295 g/mol. The van der Waals surface area contributed by atoms with Crippen molar-refractivity contribution in [3.05, 3.63) is 5.82 Å². The fraction of sp³-hybridized carbons (Fsp3) is 0.667. The number of urea groups is 1. The normalized spacial score (nSPS) is 18.0. The lowest BCUT2D eigenvalue weighted by molar-refractivity contribution is -0.119. The van der Waals surface area contributed by atoms with E-state index in [4.69, 9.17) is 5.73 Å². The molecule has 20 heavy (non-hydrogen) atoms. The summed E-state index contributed by atoms with van der Waals surface area (Å²) in [6, 6.07) is -0.264. The number of amides is 3. The fourth-order valence-corrected chi connectivity index (χ4v) is 3.07. The molecule has 1 aromatic heterocycles. The van der Waals surface area contributed by atoms with Gasteiger partial charge in [0.05, 0.1) is 0 Å². The third-order valence-corrected chi connectivity index (χ3v) is 4.31. The van der Waals surface area contributed by atoms with Gasteiger partial charge in [-0.2, -0.15) is 0 Å². The lowest BCUT2D eigenvalue weighted by atomic mass is 10.4. The zero-order chi connectivity index (χ0) is 14.1. The molecule has 2 fully saturated rings. The summed E-state index contributed by atoms with van der Waals surface area (Å²) in [6.07, 6.45) is 5.03. The molecule has 1 aromatic rings. The maximum Gasteiger partial charge on any atom is 0.318 e. The van der Waals surface area contributed by atoms with E-state index in [1.807, 2.05) is 0 Å². The van der Waals surface area contributed by atoms with Crippen LogP contribution in [-0.4, -0.2) is 32.5 Å². The number of nitrogens with zero attached hydrogens (tertiary/aromatic N) is 3. The number of hydrogen-bond donors (Lipinski definition) is 2. The van der Waals surface area contributed by atoms with Gasteiger partial charge in [0.15, 0.2) is 5.16 Å². The van der Waals surface area contributed by atoms with Crippen LogP contribution in [0.3, 0.4) is 0 Å². The minimum Gasteiger partial charge on any atom is -0.351 e. The lowest BCUT2D eigenvalue weighted by Crippen LogP contribution is -2.35. The van der Waals surface area contributed by atoms with Gasteiger partial charge >= 0.3 is 6.03 Å². The molecule has 2 aliphatic rings. The molecule has 0 atom stereocenters. The van der Waals surface area contributed by atoms with Crippen molar-refractivity contribution in [2.24, 2.45) is 5.73 Å². The second-order valence-electron chi connectivity index (χ2n) is 5.23. The first-order valence-electron chi connectivity index (χ1n) is 6.82. The van der Waals surface area contributed by atoms with Gasteiger partial charge in [0.1, 0.15) is 5.82 Å². The van der Waals surface area contributed by atoms with E-state index in [0.717, 1.165) is 11.0 Å². The first-order valence-corrected chi connectivity index (χ1v) is 7.80. The monoisotopic (exact) mass is 295 g/mol. The Kier molecular flexibility index (Phi) is 3.64. The van der Waals surface area contributed by atoms with E-state index < -0.39 is 6.03 Å². The van der Waals surface area contributed by atoms with Crippen LogP contribution in [0.4, 0.5) is 4.79 Å². The van der Waals surface area contributed by atoms with E-state index in [2.05, 4.69) is 20.1 Å². The Hall–Kier alpha value is -1.57. The molecule has 3 N–H and O–H groups in total. The second-order valence-corrected chi connectivity index (χ2v) is 6.29. The first kappa shape index (κ1) is 13.4. The summed E-state index contributed by atoms with van der Waals surface area (Å²) in [7, 11) is 0. The third kappa shape index (κ3) is 3.12. The Morgan fingerprint density at radius 3 is 2.65 bits per heavy atom. The number of primary amides is 1. The Morgan fingerprint density at radius 2 is 2.05 bits per heavy atom. The molecule has 0 bridgehead atoms. The van der Waals surface area contributed by atoms with Crippen molar-refractivity contribution in [2.45, 2.75) is 49.2 Å². The van der Waals surface area contributed by atoms with Crippen molar-refractivity contribution in [2.75, 3.05) is 5.75 Å². The summed E-state index contributed by atoms with van der Waals surface area (Å²) in [5.74, 6) is 1.89. The van der Waals surface area contributed by atoms with Gasteiger partial charge < -0.3 is 10.3 Å². The number of nitrogens with two attached hydrogens (primary N) is 1. The fourth-order valence-electron chi connectivity index (χ4n) is 2.12. The largest absolute Gasteiger partial charge is 0.351 e. The van der Waals surface area contributed by atoms with Crippen LogP contribution in [-0.2, 0) is 4.79 Å². The number of carbonyl (C=O) groups is 2. The van der Waals surface area contributed by atoms with Gasteiger partial charge in [0, 0.05) is 24.1 Å². The van der Waals surface area contributed by atoms with Crippen molar-refractivity contribution in [3.8, 4) is 0 Å². The summed E-state index contributed by atoms with van der Waals surface area (Å²) in [6.45, 7) is 0. The van der Waals surface area contributed by atoms with Crippen molar-refractivity contribution in [1.82, 2.24) is 20.1 Å². The van der Waals surface area contributed by atoms with Crippen LogP contribution in [0.5, 0.6) is 0 Å². The van der Waals surface area contributed by atoms with Gasteiger partial charge in [-0.25, -0.2) is 4.79 Å². The molecule has 0 aromatic carbocycles. The van der Waals surface area contributed by atoms with Crippen LogP contribution in [0.15, 0.2) is 5.16 Å². The molecule has 0 aliphatic heterocycles.